The van der Waals surface area contributed by atoms with Crippen LogP contribution in [0.5, 0.6) is 0 Å². The van der Waals surface area contributed by atoms with E-state index in [9.17, 15) is 0 Å². The zero-order valence-electron chi connectivity index (χ0n) is 9.96. The molecule has 0 amide bonds. The second-order valence-electron chi connectivity index (χ2n) is 3.02. The summed E-state index contributed by atoms with van der Waals surface area (Å²) in [5.74, 6) is 0. The molecule has 0 atom stereocenters. The molecule has 0 saturated carbocycles. The molecule has 1 N–H and O–H groups in total. The van der Waals surface area contributed by atoms with Crippen LogP contribution in [0, 0.1) is 0 Å². The van der Waals surface area contributed by atoms with E-state index in [4.69, 9.17) is 9.84 Å². The van der Waals surface area contributed by atoms with Crippen molar-refractivity contribution in [2.24, 2.45) is 0 Å². The van der Waals surface area contributed by atoms with Crippen molar-refractivity contribution in [3.05, 3.63) is 12.3 Å². The first-order valence-electron chi connectivity index (χ1n) is 5.70. The molecule has 0 radical (unpaired) electrons. The topological polar surface area (TPSA) is 29.5 Å². The summed E-state index contributed by atoms with van der Waals surface area (Å²) >= 11 is 0. The lowest BCUT2D eigenvalue weighted by atomic mass is 10.2. The van der Waals surface area contributed by atoms with Crippen LogP contribution in [0.2, 0.25) is 0 Å². The van der Waals surface area contributed by atoms with Crippen LogP contribution in [-0.4, -0.2) is 18.3 Å². The Kier molecular flexibility index (Phi) is 20.9. The molecule has 0 aromatic carbocycles. The van der Waals surface area contributed by atoms with E-state index in [0.717, 1.165) is 25.9 Å². The van der Waals surface area contributed by atoms with Gasteiger partial charge in [0.25, 0.3) is 0 Å². The summed E-state index contributed by atoms with van der Waals surface area (Å²) in [4.78, 5) is 0. The monoisotopic (exact) mass is 202 g/mol. The Hall–Kier alpha value is -0.500. The minimum absolute atomic E-state index is 0.844. The number of hydrogen-bond donors (Lipinski definition) is 1. The average molecular weight is 202 g/mol. The zero-order valence-corrected chi connectivity index (χ0v) is 9.96. The molecule has 0 saturated heterocycles. The maximum atomic E-state index is 8.24. The fourth-order valence-electron chi connectivity index (χ4n) is 0.968. The maximum absolute atomic E-state index is 8.24. The minimum Gasteiger partial charge on any atom is -0.516 e. The standard InChI is InChI=1S/C8H16O.C4H10O/c1-2-3-4-5-6-7-8-9;1-3-5-4-2/h7-9H,2-6H2,1H3;3-4H2,1-2H3/b8-7+;. The average Bonchev–Trinajstić information content (AvgIpc) is 2.20. The third-order valence-electron chi connectivity index (χ3n) is 1.74. The van der Waals surface area contributed by atoms with Gasteiger partial charge in [-0.25, -0.2) is 0 Å². The number of allylic oxidation sites excluding steroid dienone is 1. The highest BCUT2D eigenvalue weighted by Crippen LogP contribution is 2.01. The molecule has 2 heteroatoms. The molecule has 0 rings (SSSR count). The van der Waals surface area contributed by atoms with Crippen LogP contribution in [0.15, 0.2) is 12.3 Å². The van der Waals surface area contributed by atoms with Crippen LogP contribution in [0.4, 0.5) is 0 Å². The summed E-state index contributed by atoms with van der Waals surface area (Å²) < 4.78 is 4.83. The van der Waals surface area contributed by atoms with Gasteiger partial charge in [0.15, 0.2) is 0 Å². The van der Waals surface area contributed by atoms with Gasteiger partial charge in [0, 0.05) is 13.2 Å². The van der Waals surface area contributed by atoms with E-state index < -0.39 is 0 Å². The lowest BCUT2D eigenvalue weighted by Gasteiger charge is -1.92. The first-order valence-corrected chi connectivity index (χ1v) is 5.70. The molecule has 14 heavy (non-hydrogen) atoms. The summed E-state index contributed by atoms with van der Waals surface area (Å²) in [6.07, 6.45) is 9.06. The van der Waals surface area contributed by atoms with E-state index in [-0.39, 0.29) is 0 Å². The van der Waals surface area contributed by atoms with Crippen LogP contribution < -0.4 is 0 Å². The molecule has 0 aliphatic rings. The largest absolute Gasteiger partial charge is 0.516 e. The van der Waals surface area contributed by atoms with Crippen molar-refractivity contribution in [3.63, 3.8) is 0 Å². The van der Waals surface area contributed by atoms with Gasteiger partial charge in [-0.2, -0.15) is 0 Å². The molecule has 0 unspecified atom stereocenters. The summed E-state index contributed by atoms with van der Waals surface area (Å²) in [6, 6.07) is 0. The summed E-state index contributed by atoms with van der Waals surface area (Å²) in [7, 11) is 0. The predicted molar refractivity (Wildman–Crippen MR) is 62.7 cm³/mol. The van der Waals surface area contributed by atoms with Crippen LogP contribution >= 0.6 is 0 Å². The summed E-state index contributed by atoms with van der Waals surface area (Å²) in [5.41, 5.74) is 0. The smallest absolute Gasteiger partial charge is 0.0751 e. The van der Waals surface area contributed by atoms with Crippen LogP contribution in [0.3, 0.4) is 0 Å². The van der Waals surface area contributed by atoms with Crippen molar-refractivity contribution in [2.75, 3.05) is 13.2 Å². The van der Waals surface area contributed by atoms with Crippen molar-refractivity contribution in [1.82, 2.24) is 0 Å². The Morgan fingerprint density at radius 2 is 1.64 bits per heavy atom. The van der Waals surface area contributed by atoms with Gasteiger partial charge in [-0.3, -0.25) is 0 Å². The first kappa shape index (κ1) is 15.9. The molecular weight excluding hydrogens is 176 g/mol. The molecule has 0 aliphatic carbocycles. The van der Waals surface area contributed by atoms with E-state index in [2.05, 4.69) is 6.92 Å². The minimum atomic E-state index is 0.844. The van der Waals surface area contributed by atoms with E-state index in [1.165, 1.54) is 25.7 Å². The molecule has 86 valence electrons. The fraction of sp³-hybridized carbons (Fsp3) is 0.833. The lowest BCUT2D eigenvalue weighted by Crippen LogP contribution is -1.84. The van der Waals surface area contributed by atoms with Crippen LogP contribution in [0.1, 0.15) is 52.9 Å². The van der Waals surface area contributed by atoms with Gasteiger partial charge in [-0.15, -0.1) is 0 Å². The second-order valence-corrected chi connectivity index (χ2v) is 3.02. The van der Waals surface area contributed by atoms with E-state index in [1.54, 1.807) is 6.08 Å². The highest BCUT2D eigenvalue weighted by atomic mass is 16.5. The van der Waals surface area contributed by atoms with Gasteiger partial charge in [0.2, 0.25) is 0 Å². The SMILES string of the molecule is CCCCCC/C=C/O.CCOCC. The molecule has 2 nitrogen and oxygen atoms in total. The Balaban J connectivity index is 0. The van der Waals surface area contributed by atoms with Crippen molar-refractivity contribution in [3.8, 4) is 0 Å². The second kappa shape index (κ2) is 18.3. The first-order chi connectivity index (χ1) is 6.83. The number of aliphatic hydroxyl groups is 1. The predicted octanol–water partition coefficient (Wildman–Crippen LogP) is 4.07. The number of ether oxygens (including phenoxy) is 1. The maximum Gasteiger partial charge on any atom is 0.0751 e. The summed E-state index contributed by atoms with van der Waals surface area (Å²) in [5, 5.41) is 8.24. The van der Waals surface area contributed by atoms with Gasteiger partial charge in [-0.1, -0.05) is 32.3 Å². The van der Waals surface area contributed by atoms with Crippen LogP contribution in [0.25, 0.3) is 0 Å². The molecular formula is C12H26O2. The van der Waals surface area contributed by atoms with E-state index in [1.807, 2.05) is 13.8 Å². The number of hydrogen-bond acceptors (Lipinski definition) is 2. The highest BCUT2D eigenvalue weighted by Gasteiger charge is 1.82. The van der Waals surface area contributed by atoms with Gasteiger partial charge in [-0.05, 0) is 26.7 Å². The fourth-order valence-corrected chi connectivity index (χ4v) is 0.968. The van der Waals surface area contributed by atoms with Crippen molar-refractivity contribution in [1.29, 1.82) is 0 Å². The highest BCUT2D eigenvalue weighted by molar-refractivity contribution is 4.70. The van der Waals surface area contributed by atoms with Crippen molar-refractivity contribution in [2.45, 2.75) is 52.9 Å². The Morgan fingerprint density at radius 3 is 2.00 bits per heavy atom. The van der Waals surface area contributed by atoms with Crippen molar-refractivity contribution < 1.29 is 9.84 Å². The Morgan fingerprint density at radius 1 is 1.00 bits per heavy atom. The molecule has 0 bridgehead atoms. The number of unbranched alkanes of at least 4 members (excludes halogenated alkanes) is 4. The molecule has 0 aliphatic heterocycles. The van der Waals surface area contributed by atoms with Gasteiger partial charge < -0.3 is 9.84 Å². The molecule has 0 spiro atoms. The number of rotatable bonds is 7. The van der Waals surface area contributed by atoms with Gasteiger partial charge >= 0.3 is 0 Å². The third kappa shape index (κ3) is 22.5. The molecule has 0 aromatic rings. The van der Waals surface area contributed by atoms with E-state index >= 15 is 0 Å². The normalized spacial score (nSPS) is 9.93. The quantitative estimate of drug-likeness (QED) is 0.498. The molecule has 0 aromatic heterocycles. The summed E-state index contributed by atoms with van der Waals surface area (Å²) in [6.45, 7) is 7.86. The zero-order chi connectivity index (χ0) is 11.1. The third-order valence-corrected chi connectivity index (χ3v) is 1.74. The van der Waals surface area contributed by atoms with Gasteiger partial charge in [0.05, 0.1) is 6.26 Å². The Labute approximate surface area is 89.0 Å². The lowest BCUT2D eigenvalue weighted by molar-refractivity contribution is 0.162. The number of aliphatic hydroxyl groups excluding tert-OH is 1. The van der Waals surface area contributed by atoms with Crippen molar-refractivity contribution >= 4 is 0 Å². The molecule has 0 heterocycles. The van der Waals surface area contributed by atoms with E-state index in [0.29, 0.717) is 0 Å². The van der Waals surface area contributed by atoms with Gasteiger partial charge in [0.1, 0.15) is 0 Å². The molecule has 0 fully saturated rings. The van der Waals surface area contributed by atoms with Crippen LogP contribution in [-0.2, 0) is 4.74 Å². The Bertz CT molecular complexity index is 98.5.